The third-order valence-electron chi connectivity index (χ3n) is 7.82. The van der Waals surface area contributed by atoms with Gasteiger partial charge in [-0.2, -0.15) is 0 Å². The molecule has 2 aliphatic rings. The summed E-state index contributed by atoms with van der Waals surface area (Å²) in [5.74, 6) is 0.283. The number of halogens is 1. The number of benzene rings is 3. The lowest BCUT2D eigenvalue weighted by atomic mass is 10.1. The van der Waals surface area contributed by atoms with E-state index in [1.54, 1.807) is 36.4 Å². The number of anilines is 2. The first-order valence-electron chi connectivity index (χ1n) is 14.8. The maximum absolute atomic E-state index is 13.7. The molecule has 5 rings (SSSR count). The van der Waals surface area contributed by atoms with Gasteiger partial charge in [0.2, 0.25) is 5.91 Å². The zero-order valence-corrected chi connectivity index (χ0v) is 26.0. The van der Waals surface area contributed by atoms with E-state index < -0.39 is 6.04 Å². The third-order valence-corrected chi connectivity index (χ3v) is 8.49. The Morgan fingerprint density at radius 3 is 2.28 bits per heavy atom. The summed E-state index contributed by atoms with van der Waals surface area (Å²) < 4.78 is 5.49. The Bertz CT molecular complexity index is 1380. The fourth-order valence-corrected chi connectivity index (χ4v) is 6.12. The van der Waals surface area contributed by atoms with Gasteiger partial charge in [0.05, 0.1) is 18.7 Å². The number of ether oxygens (including phenoxy) is 1. The molecule has 3 aromatic carbocycles. The van der Waals surface area contributed by atoms with Crippen LogP contribution in [0.4, 0.5) is 11.4 Å². The molecule has 1 atom stereocenters. The number of nitrogens with one attached hydrogen (secondary N) is 1. The molecule has 8 nitrogen and oxygen atoms in total. The van der Waals surface area contributed by atoms with Crippen LogP contribution in [0.5, 0.6) is 5.75 Å². The van der Waals surface area contributed by atoms with Crippen molar-refractivity contribution in [1.29, 1.82) is 0 Å². The first-order chi connectivity index (χ1) is 20.9. The minimum atomic E-state index is -0.686. The molecule has 2 heterocycles. The van der Waals surface area contributed by atoms with Crippen LogP contribution in [-0.4, -0.2) is 83.5 Å². The molecule has 0 unspecified atom stereocenters. The molecule has 43 heavy (non-hydrogen) atoms. The lowest BCUT2D eigenvalue weighted by Crippen LogP contribution is -2.47. The van der Waals surface area contributed by atoms with E-state index in [4.69, 9.17) is 28.6 Å². The Labute approximate surface area is 264 Å². The van der Waals surface area contributed by atoms with Crippen molar-refractivity contribution in [1.82, 2.24) is 14.7 Å². The van der Waals surface area contributed by atoms with Gasteiger partial charge in [-0.3, -0.25) is 19.4 Å². The van der Waals surface area contributed by atoms with Gasteiger partial charge < -0.3 is 19.9 Å². The van der Waals surface area contributed by atoms with E-state index in [-0.39, 0.29) is 18.2 Å². The SMILES string of the molecule is CCOc1ccc(NC(=O)C[C@H]2C(=O)N(c3ccc(Cl)cc3)C(=S)N2CCCN2CCN(Cc3ccccc3)CC2)cc1. The van der Waals surface area contributed by atoms with E-state index in [1.807, 2.05) is 24.0 Å². The van der Waals surface area contributed by atoms with Crippen molar-refractivity contribution in [2.75, 3.05) is 56.1 Å². The van der Waals surface area contributed by atoms with Crippen molar-refractivity contribution >= 4 is 52.1 Å². The van der Waals surface area contributed by atoms with Crippen LogP contribution in [-0.2, 0) is 16.1 Å². The van der Waals surface area contributed by atoms with Gasteiger partial charge in [0.15, 0.2) is 5.11 Å². The highest BCUT2D eigenvalue weighted by molar-refractivity contribution is 7.80. The van der Waals surface area contributed by atoms with Crippen LogP contribution in [0.3, 0.4) is 0 Å². The van der Waals surface area contributed by atoms with Gasteiger partial charge >= 0.3 is 0 Å². The summed E-state index contributed by atoms with van der Waals surface area (Å²) in [6.45, 7) is 8.99. The molecule has 226 valence electrons. The van der Waals surface area contributed by atoms with Crippen molar-refractivity contribution in [2.24, 2.45) is 0 Å². The lowest BCUT2D eigenvalue weighted by molar-refractivity contribution is -0.124. The first kappa shape index (κ1) is 30.9. The summed E-state index contributed by atoms with van der Waals surface area (Å²) in [6, 6.07) is 24.1. The Kier molecular flexibility index (Phi) is 10.6. The van der Waals surface area contributed by atoms with E-state index in [0.29, 0.717) is 34.7 Å². The van der Waals surface area contributed by atoms with Crippen molar-refractivity contribution in [3.05, 3.63) is 89.4 Å². The van der Waals surface area contributed by atoms with Gasteiger partial charge in [-0.15, -0.1) is 0 Å². The van der Waals surface area contributed by atoms with Crippen LogP contribution < -0.4 is 15.0 Å². The van der Waals surface area contributed by atoms with Gasteiger partial charge in [0.1, 0.15) is 11.8 Å². The third kappa shape index (κ3) is 8.12. The average molecular weight is 620 g/mol. The van der Waals surface area contributed by atoms with Crippen LogP contribution in [0.15, 0.2) is 78.9 Å². The van der Waals surface area contributed by atoms with Gasteiger partial charge in [0, 0.05) is 50.0 Å². The summed E-state index contributed by atoms with van der Waals surface area (Å²) in [7, 11) is 0. The number of piperazine rings is 1. The van der Waals surface area contributed by atoms with Crippen molar-refractivity contribution in [3.63, 3.8) is 0 Å². The van der Waals surface area contributed by atoms with Crippen LogP contribution >= 0.6 is 23.8 Å². The second kappa shape index (κ2) is 14.8. The van der Waals surface area contributed by atoms with Crippen LogP contribution in [0.25, 0.3) is 0 Å². The highest BCUT2D eigenvalue weighted by Crippen LogP contribution is 2.29. The van der Waals surface area contributed by atoms with Gasteiger partial charge in [-0.05, 0) is 86.2 Å². The molecule has 2 saturated heterocycles. The quantitative estimate of drug-likeness (QED) is 0.277. The number of rotatable bonds is 12. The van der Waals surface area contributed by atoms with Gasteiger partial charge in [-0.1, -0.05) is 41.9 Å². The molecule has 10 heteroatoms. The number of hydrogen-bond donors (Lipinski definition) is 1. The molecule has 0 aliphatic carbocycles. The maximum Gasteiger partial charge on any atom is 0.256 e. The van der Waals surface area contributed by atoms with Crippen molar-refractivity contribution in [3.8, 4) is 5.75 Å². The van der Waals surface area contributed by atoms with E-state index in [0.717, 1.165) is 51.4 Å². The molecule has 2 aliphatic heterocycles. The molecule has 3 aromatic rings. The fraction of sp³-hybridized carbons (Fsp3) is 0.364. The highest BCUT2D eigenvalue weighted by Gasteiger charge is 2.44. The second-order valence-electron chi connectivity index (χ2n) is 10.8. The molecule has 0 saturated carbocycles. The Morgan fingerprint density at radius 2 is 1.60 bits per heavy atom. The molecule has 0 aromatic heterocycles. The normalized spacial score (nSPS) is 17.9. The van der Waals surface area contributed by atoms with E-state index in [1.165, 1.54) is 10.5 Å². The minimum Gasteiger partial charge on any atom is -0.494 e. The predicted octanol–water partition coefficient (Wildman–Crippen LogP) is 5.28. The van der Waals surface area contributed by atoms with Gasteiger partial charge in [0.25, 0.3) is 5.91 Å². The number of amides is 2. The van der Waals surface area contributed by atoms with Crippen molar-refractivity contribution < 1.29 is 14.3 Å². The summed E-state index contributed by atoms with van der Waals surface area (Å²) in [6.07, 6.45) is 0.825. The largest absolute Gasteiger partial charge is 0.494 e. The van der Waals surface area contributed by atoms with Gasteiger partial charge in [-0.25, -0.2) is 0 Å². The Hall–Kier alpha value is -3.50. The molecule has 0 spiro atoms. The van der Waals surface area contributed by atoms with E-state index in [2.05, 4.69) is 45.4 Å². The monoisotopic (exact) mass is 619 g/mol. The number of nitrogens with zero attached hydrogens (tertiary/aromatic N) is 4. The lowest BCUT2D eigenvalue weighted by Gasteiger charge is -2.35. The molecule has 0 radical (unpaired) electrons. The summed E-state index contributed by atoms with van der Waals surface area (Å²) >= 11 is 11.9. The Balaban J connectivity index is 1.19. The summed E-state index contributed by atoms with van der Waals surface area (Å²) in [5.41, 5.74) is 2.63. The molecule has 1 N–H and O–H groups in total. The Morgan fingerprint density at radius 1 is 0.930 bits per heavy atom. The van der Waals surface area contributed by atoms with E-state index >= 15 is 0 Å². The smallest absolute Gasteiger partial charge is 0.256 e. The number of carbonyl (C=O) groups is 2. The fourth-order valence-electron chi connectivity index (χ4n) is 5.58. The number of carbonyl (C=O) groups excluding carboxylic acids is 2. The summed E-state index contributed by atoms with van der Waals surface area (Å²) in [5, 5.41) is 3.91. The van der Waals surface area contributed by atoms with E-state index in [9.17, 15) is 9.59 Å². The average Bonchev–Trinajstić information content (AvgIpc) is 3.24. The minimum absolute atomic E-state index is 0.00552. The standard InChI is InChI=1S/C33H38ClN5O3S/c1-2-42-29-15-11-27(12-16-29)35-31(40)23-30-32(41)39(28-13-9-26(34)10-14-28)33(43)38(30)18-6-17-36-19-21-37(22-20-36)24-25-7-4-3-5-8-25/h3-5,7-16,30H,2,6,17-24H2,1H3,(H,35,40)/t30-/m0/s1. The number of hydrogen-bond acceptors (Lipinski definition) is 6. The number of thiocarbonyl (C=S) groups is 1. The molecular weight excluding hydrogens is 582 g/mol. The second-order valence-corrected chi connectivity index (χ2v) is 11.6. The topological polar surface area (TPSA) is 68.4 Å². The summed E-state index contributed by atoms with van der Waals surface area (Å²) in [4.78, 5) is 35.3. The van der Waals surface area contributed by atoms with Crippen LogP contribution in [0.1, 0.15) is 25.3 Å². The zero-order valence-electron chi connectivity index (χ0n) is 24.5. The van der Waals surface area contributed by atoms with Crippen LogP contribution in [0, 0.1) is 0 Å². The zero-order chi connectivity index (χ0) is 30.2. The molecule has 0 bridgehead atoms. The van der Waals surface area contributed by atoms with Crippen LogP contribution in [0.2, 0.25) is 5.02 Å². The first-order valence-corrected chi connectivity index (χ1v) is 15.6. The predicted molar refractivity (Wildman–Crippen MR) is 176 cm³/mol. The van der Waals surface area contributed by atoms with Crippen molar-refractivity contribution in [2.45, 2.75) is 32.4 Å². The molecular formula is C33H38ClN5O3S. The maximum atomic E-state index is 13.7. The highest BCUT2D eigenvalue weighted by atomic mass is 35.5. The molecule has 2 fully saturated rings. The molecule has 2 amide bonds.